The molecule has 0 bridgehead atoms. The summed E-state index contributed by atoms with van der Waals surface area (Å²) in [6.07, 6.45) is 0.811. The molecule has 1 heterocycles. The van der Waals surface area contributed by atoms with Crippen molar-refractivity contribution in [2.24, 2.45) is 5.41 Å². The van der Waals surface area contributed by atoms with Crippen LogP contribution in [0.4, 0.5) is 11.4 Å². The average Bonchev–Trinajstić information content (AvgIpc) is 3.15. The van der Waals surface area contributed by atoms with Gasteiger partial charge in [-0.2, -0.15) is 0 Å². The average molecular weight is 608 g/mol. The second-order valence-electron chi connectivity index (χ2n) is 10.5. The molecule has 0 unspecified atom stereocenters. The number of allylic oxidation sites excluding steroid dienone is 1. The fourth-order valence-electron chi connectivity index (χ4n) is 6.11. The molecule has 0 aromatic heterocycles. The van der Waals surface area contributed by atoms with Gasteiger partial charge in [0, 0.05) is 43.6 Å². The molecule has 5 nitrogen and oxygen atoms in total. The van der Waals surface area contributed by atoms with E-state index in [0.29, 0.717) is 23.2 Å². The number of halogens is 2. The number of aliphatic hydroxyl groups is 1. The van der Waals surface area contributed by atoms with Crippen LogP contribution in [-0.2, 0) is 10.5 Å². The van der Waals surface area contributed by atoms with Gasteiger partial charge >= 0.3 is 0 Å². The van der Waals surface area contributed by atoms with Crippen LogP contribution in [0, 0.1) is 5.41 Å². The summed E-state index contributed by atoms with van der Waals surface area (Å²) in [5, 5.41) is 16.2. The Kier molecular flexibility index (Phi) is 5.17. The number of fused-ring (bicyclic) bond motifs is 4. The Morgan fingerprint density at radius 3 is 2.14 bits per heavy atom. The topological polar surface area (TPSA) is 69.6 Å². The molecule has 7 heteroatoms. The molecular weight excluding hydrogens is 584 g/mol. The van der Waals surface area contributed by atoms with Crippen LogP contribution < -0.4 is 10.2 Å². The van der Waals surface area contributed by atoms with E-state index in [2.05, 4.69) is 51.0 Å². The van der Waals surface area contributed by atoms with Crippen LogP contribution in [0.25, 0.3) is 0 Å². The van der Waals surface area contributed by atoms with E-state index < -0.39 is 17.0 Å². The lowest BCUT2D eigenvalue weighted by molar-refractivity contribution is -0.120. The molecule has 3 aromatic rings. The van der Waals surface area contributed by atoms with E-state index >= 15 is 0 Å². The van der Waals surface area contributed by atoms with E-state index in [1.807, 2.05) is 65.6 Å². The quantitative estimate of drug-likeness (QED) is 0.353. The molecule has 0 fully saturated rings. The molecule has 2 aliphatic carbocycles. The molecule has 0 radical (unpaired) electrons. The molecule has 1 aliphatic heterocycles. The first-order valence-corrected chi connectivity index (χ1v) is 13.4. The number of hydrogen-bond donors (Lipinski definition) is 2. The molecule has 0 saturated carbocycles. The minimum atomic E-state index is -2.10. The first-order chi connectivity index (χ1) is 17.1. The number of nitrogens with zero attached hydrogens (tertiary/aromatic N) is 1. The fraction of sp³-hybridized carbons (Fsp3) is 0.241. The summed E-state index contributed by atoms with van der Waals surface area (Å²) in [7, 11) is 0. The zero-order chi connectivity index (χ0) is 25.5. The number of anilines is 2. The van der Waals surface area contributed by atoms with Crippen molar-refractivity contribution >= 4 is 54.8 Å². The third kappa shape index (κ3) is 3.09. The lowest BCUT2D eigenvalue weighted by Crippen LogP contribution is -2.62. The van der Waals surface area contributed by atoms with Gasteiger partial charge in [-0.3, -0.25) is 9.59 Å². The van der Waals surface area contributed by atoms with E-state index in [-0.39, 0.29) is 23.2 Å². The molecule has 3 aliphatic rings. The number of hydrogen-bond acceptors (Lipinski definition) is 5. The van der Waals surface area contributed by atoms with Crippen molar-refractivity contribution in [3.63, 3.8) is 0 Å². The Bertz CT molecular complexity index is 1460. The van der Waals surface area contributed by atoms with Crippen molar-refractivity contribution in [3.8, 4) is 0 Å². The highest BCUT2D eigenvalue weighted by Gasteiger charge is 2.74. The standard InChI is InChI=1S/C29H24Br2N2O3/c1-27(2)15-23-25(24(34)16-27)28(36)26(35)21-5-3-4-6-22(21)29(28,32-19-11-7-17(30)8-12-19)33(23)20-13-9-18(31)10-14-20/h3-14,32,36H,15-16H2,1-2H3/t28-,29-/m0/s1. The van der Waals surface area contributed by atoms with Crippen LogP contribution in [0.3, 0.4) is 0 Å². The van der Waals surface area contributed by atoms with Gasteiger partial charge in [-0.25, -0.2) is 0 Å². The number of carbonyl (C=O) groups is 2. The number of rotatable bonds is 3. The van der Waals surface area contributed by atoms with Gasteiger partial charge in [-0.05, 0) is 60.4 Å². The predicted octanol–water partition coefficient (Wildman–Crippen LogP) is 6.57. The number of nitrogens with one attached hydrogen (secondary N) is 1. The van der Waals surface area contributed by atoms with Gasteiger partial charge in [-0.1, -0.05) is 70.0 Å². The highest BCUT2D eigenvalue weighted by atomic mass is 79.9. The number of benzene rings is 3. The van der Waals surface area contributed by atoms with E-state index in [4.69, 9.17) is 0 Å². The van der Waals surface area contributed by atoms with Gasteiger partial charge in [0.25, 0.3) is 0 Å². The van der Waals surface area contributed by atoms with Crippen molar-refractivity contribution in [3.05, 3.63) is 104 Å². The molecule has 0 amide bonds. The number of carbonyl (C=O) groups excluding carboxylic acids is 2. The second kappa shape index (κ2) is 7.88. The van der Waals surface area contributed by atoms with Gasteiger partial charge in [0.2, 0.25) is 11.4 Å². The number of ketones is 2. The van der Waals surface area contributed by atoms with Crippen molar-refractivity contribution in [2.75, 3.05) is 10.2 Å². The second-order valence-corrected chi connectivity index (χ2v) is 12.3. The zero-order valence-corrected chi connectivity index (χ0v) is 23.0. The Balaban J connectivity index is 1.71. The predicted molar refractivity (Wildman–Crippen MR) is 147 cm³/mol. The third-order valence-corrected chi connectivity index (χ3v) is 8.54. The van der Waals surface area contributed by atoms with E-state index in [1.165, 1.54) is 0 Å². The zero-order valence-electron chi connectivity index (χ0n) is 19.8. The van der Waals surface area contributed by atoms with Gasteiger partial charge in [0.1, 0.15) is 0 Å². The highest BCUT2D eigenvalue weighted by molar-refractivity contribution is 9.10. The van der Waals surface area contributed by atoms with Crippen LogP contribution in [0.1, 0.15) is 42.6 Å². The molecular formula is C29H24Br2N2O3. The Hall–Kier alpha value is -2.74. The largest absolute Gasteiger partial charge is 0.373 e. The maximum Gasteiger partial charge on any atom is 0.204 e. The normalized spacial score (nSPS) is 26.1. The molecule has 2 atom stereocenters. The number of Topliss-reactive ketones (excluding diaryl/α,β-unsaturated/α-hetero) is 2. The first kappa shape index (κ1) is 23.6. The molecule has 2 N–H and O–H groups in total. The van der Waals surface area contributed by atoms with Gasteiger partial charge in [0.05, 0.1) is 5.57 Å². The summed E-state index contributed by atoms with van der Waals surface area (Å²) < 4.78 is 1.82. The van der Waals surface area contributed by atoms with Crippen LogP contribution in [0.5, 0.6) is 0 Å². The van der Waals surface area contributed by atoms with Crippen molar-refractivity contribution in [1.82, 2.24) is 0 Å². The Morgan fingerprint density at radius 1 is 0.861 bits per heavy atom. The molecule has 3 aromatic carbocycles. The summed E-state index contributed by atoms with van der Waals surface area (Å²) in [4.78, 5) is 29.9. The summed E-state index contributed by atoms with van der Waals surface area (Å²) in [5.41, 5.74) is -0.415. The van der Waals surface area contributed by atoms with Crippen LogP contribution in [0.15, 0.2) is 93.0 Å². The van der Waals surface area contributed by atoms with Crippen LogP contribution >= 0.6 is 31.9 Å². The SMILES string of the molecule is CC1(C)CC(=O)C2=C(C1)N(c1ccc(Br)cc1)[C@@]1(Nc3ccc(Br)cc3)c3ccccc3C(=O)[C@@]21O. The van der Waals surface area contributed by atoms with Gasteiger partial charge in [-0.15, -0.1) is 0 Å². The molecule has 0 spiro atoms. The molecule has 182 valence electrons. The van der Waals surface area contributed by atoms with Gasteiger partial charge in [0.15, 0.2) is 11.4 Å². The van der Waals surface area contributed by atoms with Crippen LogP contribution in [-0.4, -0.2) is 22.3 Å². The monoisotopic (exact) mass is 606 g/mol. The minimum Gasteiger partial charge on any atom is -0.373 e. The third-order valence-electron chi connectivity index (χ3n) is 7.49. The maximum atomic E-state index is 14.1. The molecule has 0 saturated heterocycles. The van der Waals surface area contributed by atoms with Gasteiger partial charge < -0.3 is 15.3 Å². The van der Waals surface area contributed by atoms with E-state index in [9.17, 15) is 14.7 Å². The Morgan fingerprint density at radius 2 is 1.47 bits per heavy atom. The highest BCUT2D eigenvalue weighted by Crippen LogP contribution is 2.62. The lowest BCUT2D eigenvalue weighted by Gasteiger charge is -2.46. The lowest BCUT2D eigenvalue weighted by atomic mass is 9.71. The van der Waals surface area contributed by atoms with E-state index in [0.717, 1.165) is 20.3 Å². The summed E-state index contributed by atoms with van der Waals surface area (Å²) >= 11 is 7.00. The molecule has 6 rings (SSSR count). The maximum absolute atomic E-state index is 14.1. The van der Waals surface area contributed by atoms with Crippen molar-refractivity contribution in [1.29, 1.82) is 0 Å². The summed E-state index contributed by atoms with van der Waals surface area (Å²) in [6, 6.07) is 22.6. The minimum absolute atomic E-state index is 0.188. The van der Waals surface area contributed by atoms with Crippen LogP contribution in [0.2, 0.25) is 0 Å². The smallest absolute Gasteiger partial charge is 0.204 e. The fourth-order valence-corrected chi connectivity index (χ4v) is 6.64. The molecule has 36 heavy (non-hydrogen) atoms. The van der Waals surface area contributed by atoms with E-state index in [1.54, 1.807) is 12.1 Å². The Labute approximate surface area is 226 Å². The van der Waals surface area contributed by atoms with Crippen molar-refractivity contribution < 1.29 is 14.7 Å². The summed E-state index contributed by atoms with van der Waals surface area (Å²) in [6.45, 7) is 4.11. The summed E-state index contributed by atoms with van der Waals surface area (Å²) in [5.74, 6) is -0.644. The van der Waals surface area contributed by atoms with Crippen molar-refractivity contribution in [2.45, 2.75) is 38.0 Å². The first-order valence-electron chi connectivity index (χ1n) is 11.8.